The highest BCUT2D eigenvalue weighted by Crippen LogP contribution is 2.29. The number of aromatic nitrogens is 1. The molecule has 9 heteroatoms. The summed E-state index contributed by atoms with van der Waals surface area (Å²) in [5.74, 6) is -0.154. The molecule has 15 heavy (non-hydrogen) atoms. The van der Waals surface area contributed by atoms with Gasteiger partial charge in [-0.15, -0.1) is 0 Å². The van der Waals surface area contributed by atoms with Gasteiger partial charge in [0, 0.05) is 0 Å². The van der Waals surface area contributed by atoms with Gasteiger partial charge >= 0.3 is 10.1 Å². The van der Waals surface area contributed by atoms with E-state index in [-0.39, 0.29) is 22.5 Å². The molecule has 1 rings (SSSR count). The highest BCUT2D eigenvalue weighted by atomic mass is 79.9. The number of rotatable bonds is 4. The van der Waals surface area contributed by atoms with Crippen LogP contribution in [0.3, 0.4) is 0 Å². The Kier molecular flexibility index (Phi) is 3.74. The molecule has 0 radical (unpaired) electrons. The Morgan fingerprint density at radius 1 is 1.67 bits per heavy atom. The minimum atomic E-state index is -3.69. The van der Waals surface area contributed by atoms with Gasteiger partial charge in [-0.05, 0) is 32.7 Å². The third-order valence-electron chi connectivity index (χ3n) is 1.20. The van der Waals surface area contributed by atoms with E-state index in [1.165, 1.54) is 0 Å². The third kappa shape index (κ3) is 3.80. The first-order valence-corrected chi connectivity index (χ1v) is 6.50. The number of hydrogen-bond donors (Lipinski definition) is 0. The topological polar surface area (TPSA) is 86.5 Å². The molecule has 0 aliphatic rings. The molecule has 6 nitrogen and oxygen atoms in total. The molecule has 0 amide bonds. The minimum absolute atomic E-state index is 0.105. The van der Waals surface area contributed by atoms with E-state index in [1.54, 1.807) is 0 Å². The van der Waals surface area contributed by atoms with E-state index in [0.717, 1.165) is 6.26 Å². The summed E-state index contributed by atoms with van der Waals surface area (Å²) in [6, 6.07) is 0. The maximum atomic E-state index is 10.8. The van der Waals surface area contributed by atoms with Gasteiger partial charge in [0.15, 0.2) is 5.76 Å². The number of carbonyl (C=O) groups is 1. The van der Waals surface area contributed by atoms with Gasteiger partial charge in [0.25, 0.3) is 5.88 Å². The summed E-state index contributed by atoms with van der Waals surface area (Å²) in [7, 11) is -3.69. The van der Waals surface area contributed by atoms with Gasteiger partial charge in [0.2, 0.25) is 5.24 Å². The molecule has 0 fully saturated rings. The molecule has 1 heterocycles. The molecule has 0 aliphatic heterocycles. The van der Waals surface area contributed by atoms with E-state index < -0.39 is 15.4 Å². The fourth-order valence-corrected chi connectivity index (χ4v) is 1.72. The molecular weight excluding hydrogens is 313 g/mol. The summed E-state index contributed by atoms with van der Waals surface area (Å²) in [6.45, 7) is 0. The van der Waals surface area contributed by atoms with E-state index in [9.17, 15) is 13.2 Å². The Morgan fingerprint density at radius 2 is 2.27 bits per heavy atom. The van der Waals surface area contributed by atoms with Crippen LogP contribution in [0.15, 0.2) is 9.00 Å². The highest BCUT2D eigenvalue weighted by molar-refractivity contribution is 9.10. The molecular formula is C6H5BrClNO5S. The van der Waals surface area contributed by atoms with E-state index in [1.807, 2.05) is 0 Å². The molecule has 0 spiro atoms. The lowest BCUT2D eigenvalue weighted by Crippen LogP contribution is -2.06. The first-order chi connectivity index (χ1) is 6.79. The van der Waals surface area contributed by atoms with Crippen LogP contribution in [0.4, 0.5) is 0 Å². The third-order valence-corrected chi connectivity index (χ3v) is 2.58. The molecule has 0 aliphatic carbocycles. The van der Waals surface area contributed by atoms with E-state index in [4.69, 9.17) is 11.6 Å². The zero-order valence-electron chi connectivity index (χ0n) is 7.36. The van der Waals surface area contributed by atoms with Crippen LogP contribution in [0.5, 0.6) is 5.88 Å². The molecule has 0 aromatic carbocycles. The van der Waals surface area contributed by atoms with Crippen LogP contribution >= 0.6 is 27.5 Å². The van der Waals surface area contributed by atoms with Crippen LogP contribution in [0.25, 0.3) is 0 Å². The second kappa shape index (κ2) is 4.50. The first kappa shape index (κ1) is 12.5. The molecule has 0 N–H and O–H groups in total. The minimum Gasteiger partial charge on any atom is -0.357 e. The maximum absolute atomic E-state index is 10.8. The number of halogens is 2. The summed E-state index contributed by atoms with van der Waals surface area (Å²) >= 11 is 8.10. The predicted molar refractivity (Wildman–Crippen MR) is 54.2 cm³/mol. The largest absolute Gasteiger partial charge is 0.357 e. The molecule has 0 saturated carbocycles. The Labute approximate surface area is 98.8 Å². The van der Waals surface area contributed by atoms with Crippen molar-refractivity contribution < 1.29 is 21.9 Å². The molecule has 0 saturated heterocycles. The zero-order chi connectivity index (χ0) is 11.6. The van der Waals surface area contributed by atoms with Gasteiger partial charge in [0.05, 0.1) is 12.7 Å². The highest BCUT2D eigenvalue weighted by Gasteiger charge is 2.19. The second-order valence-corrected chi connectivity index (χ2v) is 5.33. The summed E-state index contributed by atoms with van der Waals surface area (Å²) < 4.78 is 30.8. The van der Waals surface area contributed by atoms with Crippen molar-refractivity contribution >= 4 is 42.9 Å². The lowest BCUT2D eigenvalue weighted by atomic mass is 10.3. The summed E-state index contributed by atoms with van der Waals surface area (Å²) in [6.07, 6.45) is 0.656. The average Bonchev–Trinajstić information content (AvgIpc) is 2.32. The monoisotopic (exact) mass is 317 g/mol. The van der Waals surface area contributed by atoms with E-state index >= 15 is 0 Å². The van der Waals surface area contributed by atoms with Crippen molar-refractivity contribution in [1.82, 2.24) is 5.16 Å². The van der Waals surface area contributed by atoms with Gasteiger partial charge in [-0.1, -0.05) is 0 Å². The molecule has 0 bridgehead atoms. The van der Waals surface area contributed by atoms with E-state index in [0.29, 0.717) is 0 Å². The van der Waals surface area contributed by atoms with Crippen LogP contribution in [-0.4, -0.2) is 25.1 Å². The zero-order valence-corrected chi connectivity index (χ0v) is 10.5. The number of carbonyl (C=O) groups excluding carboxylic acids is 1. The fourth-order valence-electron chi connectivity index (χ4n) is 0.727. The molecule has 0 atom stereocenters. The predicted octanol–water partition coefficient (Wildman–Crippen LogP) is 1.08. The number of nitrogens with zero attached hydrogens (tertiary/aromatic N) is 1. The van der Waals surface area contributed by atoms with E-state index in [2.05, 4.69) is 29.8 Å². The van der Waals surface area contributed by atoms with Crippen LogP contribution in [-0.2, 0) is 21.3 Å². The van der Waals surface area contributed by atoms with Crippen LogP contribution < -0.4 is 4.18 Å². The summed E-state index contributed by atoms with van der Waals surface area (Å²) in [4.78, 5) is 10.6. The molecule has 0 unspecified atom stereocenters. The Morgan fingerprint density at radius 3 is 2.73 bits per heavy atom. The van der Waals surface area contributed by atoms with Crippen molar-refractivity contribution in [1.29, 1.82) is 0 Å². The lowest BCUT2D eigenvalue weighted by Gasteiger charge is -1.96. The Balaban J connectivity index is 2.94. The molecule has 1 aromatic heterocycles. The first-order valence-electron chi connectivity index (χ1n) is 3.51. The molecule has 1 aromatic rings. The van der Waals surface area contributed by atoms with Crippen LogP contribution in [0.2, 0.25) is 0 Å². The fraction of sp³-hybridized carbons (Fsp3) is 0.333. The summed E-state index contributed by atoms with van der Waals surface area (Å²) in [5.41, 5.74) is 0. The van der Waals surface area contributed by atoms with Crippen molar-refractivity contribution in [2.24, 2.45) is 0 Å². The molecule has 84 valence electrons. The normalized spacial score (nSPS) is 11.4. The standard InChI is InChI=1S/C6H5BrClNO5S/c1-15(11,12)14-6-5(7)3(13-9-6)2-4(8)10/h2H2,1H3. The Hall–Kier alpha value is -0.600. The van der Waals surface area contributed by atoms with Gasteiger partial charge < -0.3 is 8.71 Å². The second-order valence-electron chi connectivity index (χ2n) is 2.54. The van der Waals surface area contributed by atoms with Gasteiger partial charge in [-0.2, -0.15) is 8.42 Å². The quantitative estimate of drug-likeness (QED) is 0.610. The lowest BCUT2D eigenvalue weighted by molar-refractivity contribution is -0.111. The van der Waals surface area contributed by atoms with Crippen molar-refractivity contribution in [3.05, 3.63) is 10.2 Å². The van der Waals surface area contributed by atoms with Crippen LogP contribution in [0, 0.1) is 0 Å². The van der Waals surface area contributed by atoms with Gasteiger partial charge in [0.1, 0.15) is 4.47 Å². The average molecular weight is 319 g/mol. The van der Waals surface area contributed by atoms with Crippen molar-refractivity contribution in [3.63, 3.8) is 0 Å². The van der Waals surface area contributed by atoms with Crippen molar-refractivity contribution in [2.45, 2.75) is 6.42 Å². The van der Waals surface area contributed by atoms with Gasteiger partial charge in [-0.3, -0.25) is 4.79 Å². The maximum Gasteiger partial charge on any atom is 0.307 e. The summed E-state index contributed by atoms with van der Waals surface area (Å²) in [5, 5.41) is 2.67. The van der Waals surface area contributed by atoms with Crippen LogP contribution in [0.1, 0.15) is 5.76 Å². The SMILES string of the molecule is CS(=O)(=O)Oc1noc(CC(=O)Cl)c1Br. The van der Waals surface area contributed by atoms with Gasteiger partial charge in [-0.25, -0.2) is 0 Å². The number of hydrogen-bond acceptors (Lipinski definition) is 6. The Bertz CT molecular complexity index is 482. The van der Waals surface area contributed by atoms with Crippen molar-refractivity contribution in [3.8, 4) is 5.88 Å². The smallest absolute Gasteiger partial charge is 0.307 e. The van der Waals surface area contributed by atoms with Crippen molar-refractivity contribution in [2.75, 3.05) is 6.26 Å².